The van der Waals surface area contributed by atoms with Crippen LogP contribution in [0.25, 0.3) is 21.5 Å². The topological polar surface area (TPSA) is 66.4 Å². The zero-order chi connectivity index (χ0) is 19.1. The van der Waals surface area contributed by atoms with Crippen molar-refractivity contribution in [2.75, 3.05) is 5.32 Å². The Morgan fingerprint density at radius 2 is 1.54 bits per heavy atom. The summed E-state index contributed by atoms with van der Waals surface area (Å²) >= 11 is 0. The van der Waals surface area contributed by atoms with E-state index < -0.39 is 17.7 Å². The van der Waals surface area contributed by atoms with Gasteiger partial charge in [0, 0.05) is 16.5 Å². The molecule has 134 valence electrons. The smallest absolute Gasteiger partial charge is 0.373 e. The highest BCUT2D eigenvalue weighted by Gasteiger charge is 2.55. The van der Waals surface area contributed by atoms with Crippen LogP contribution in [-0.2, 0) is 4.79 Å². The van der Waals surface area contributed by atoms with Crippen LogP contribution in [0.3, 0.4) is 0 Å². The van der Waals surface area contributed by atoms with Crippen LogP contribution in [0.4, 0.5) is 18.9 Å². The highest BCUT2D eigenvalue weighted by atomic mass is 19.4. The lowest BCUT2D eigenvalue weighted by atomic mass is 10.1. The van der Waals surface area contributed by atoms with E-state index in [2.05, 4.69) is 0 Å². The molecule has 4 nitrogen and oxygen atoms in total. The summed E-state index contributed by atoms with van der Waals surface area (Å²) in [6.45, 7) is 0.371. The number of hydrogen-bond donors (Lipinski definition) is 2. The lowest BCUT2D eigenvalue weighted by Gasteiger charge is -2.24. The lowest BCUT2D eigenvalue weighted by Crippen LogP contribution is -2.52. The first-order valence-corrected chi connectivity index (χ1v) is 7.67. The zero-order valence-corrected chi connectivity index (χ0v) is 13.6. The molecule has 0 saturated carbocycles. The SMILES string of the molecule is CC(O)(C(=O)Nc1ccc2ccc3ccccc3c(=O)c2c1)C(F)(F)F. The number of fused-ring (bicyclic) bond motifs is 2. The van der Waals surface area contributed by atoms with Crippen LogP contribution in [0, 0.1) is 0 Å². The standard InChI is InChI=1S/C19H14F3NO3/c1-18(26,19(20,21)22)17(25)23-13-9-8-12-7-6-11-4-2-3-5-14(11)16(24)15(12)10-13/h2-10,26H,1H3,(H,23,25). The fraction of sp³-hybridized carbons (Fsp3) is 0.158. The minimum absolute atomic E-state index is 0.0144. The van der Waals surface area contributed by atoms with Gasteiger partial charge in [-0.3, -0.25) is 9.59 Å². The van der Waals surface area contributed by atoms with Crippen molar-refractivity contribution in [3.8, 4) is 0 Å². The molecular weight excluding hydrogens is 347 g/mol. The van der Waals surface area contributed by atoms with Gasteiger partial charge in [0.2, 0.25) is 5.60 Å². The van der Waals surface area contributed by atoms with Crippen LogP contribution in [0.1, 0.15) is 6.92 Å². The second-order valence-electron chi connectivity index (χ2n) is 6.08. The van der Waals surface area contributed by atoms with Gasteiger partial charge in [0.15, 0.2) is 5.43 Å². The Kier molecular flexibility index (Phi) is 4.20. The van der Waals surface area contributed by atoms with Crippen molar-refractivity contribution in [1.29, 1.82) is 0 Å². The molecule has 0 bridgehead atoms. The number of benzene rings is 2. The van der Waals surface area contributed by atoms with E-state index >= 15 is 0 Å². The number of rotatable bonds is 2. The molecule has 0 radical (unpaired) electrons. The molecule has 3 aromatic carbocycles. The maximum absolute atomic E-state index is 12.8. The molecule has 0 spiro atoms. The third-order valence-corrected chi connectivity index (χ3v) is 4.20. The molecule has 0 aliphatic heterocycles. The van der Waals surface area contributed by atoms with E-state index in [1.54, 1.807) is 36.4 Å². The Hall–Kier alpha value is -2.93. The maximum atomic E-state index is 12.8. The van der Waals surface area contributed by atoms with Crippen LogP contribution in [0.2, 0.25) is 0 Å². The number of carbonyl (C=O) groups excluding carboxylic acids is 1. The van der Waals surface area contributed by atoms with Crippen molar-refractivity contribution in [1.82, 2.24) is 0 Å². The van der Waals surface area contributed by atoms with Gasteiger partial charge in [-0.05, 0) is 29.8 Å². The molecule has 1 atom stereocenters. The van der Waals surface area contributed by atoms with Crippen LogP contribution in [0.5, 0.6) is 0 Å². The van der Waals surface area contributed by atoms with E-state index in [0.717, 1.165) is 5.39 Å². The third-order valence-electron chi connectivity index (χ3n) is 4.20. The molecular formula is C19H14F3NO3. The van der Waals surface area contributed by atoms with Gasteiger partial charge in [-0.15, -0.1) is 0 Å². The van der Waals surface area contributed by atoms with E-state index in [-0.39, 0.29) is 16.5 Å². The fourth-order valence-electron chi connectivity index (χ4n) is 2.53. The first-order chi connectivity index (χ1) is 12.1. The Morgan fingerprint density at radius 3 is 2.19 bits per heavy atom. The number of aliphatic hydroxyl groups is 1. The van der Waals surface area contributed by atoms with Gasteiger partial charge in [0.1, 0.15) is 0 Å². The lowest BCUT2D eigenvalue weighted by molar-refractivity contribution is -0.242. The summed E-state index contributed by atoms with van der Waals surface area (Å²) in [5, 5.41) is 13.4. The molecule has 3 rings (SSSR count). The van der Waals surface area contributed by atoms with Crippen LogP contribution in [0.15, 0.2) is 59.4 Å². The first kappa shape index (κ1) is 17.9. The van der Waals surface area contributed by atoms with Gasteiger partial charge in [-0.1, -0.05) is 42.5 Å². The van der Waals surface area contributed by atoms with Gasteiger partial charge >= 0.3 is 6.18 Å². The molecule has 0 aliphatic rings. The van der Waals surface area contributed by atoms with Gasteiger partial charge in [-0.2, -0.15) is 13.2 Å². The molecule has 0 aromatic heterocycles. The average molecular weight is 361 g/mol. The summed E-state index contributed by atoms with van der Waals surface area (Å²) in [5.41, 5.74) is -3.87. The van der Waals surface area contributed by atoms with Crippen molar-refractivity contribution in [2.24, 2.45) is 0 Å². The zero-order valence-electron chi connectivity index (χ0n) is 13.6. The Morgan fingerprint density at radius 1 is 0.962 bits per heavy atom. The van der Waals surface area contributed by atoms with Crippen molar-refractivity contribution < 1.29 is 23.1 Å². The second-order valence-corrected chi connectivity index (χ2v) is 6.08. The number of anilines is 1. The fourth-order valence-corrected chi connectivity index (χ4v) is 2.53. The molecule has 2 N–H and O–H groups in total. The van der Waals surface area contributed by atoms with E-state index in [0.29, 0.717) is 17.7 Å². The molecule has 26 heavy (non-hydrogen) atoms. The van der Waals surface area contributed by atoms with Crippen LogP contribution < -0.4 is 10.7 Å². The normalized spacial score (nSPS) is 14.2. The van der Waals surface area contributed by atoms with Gasteiger partial charge < -0.3 is 10.4 Å². The summed E-state index contributed by atoms with van der Waals surface area (Å²) in [7, 11) is 0. The molecule has 0 saturated heterocycles. The van der Waals surface area contributed by atoms with Gasteiger partial charge in [0.25, 0.3) is 5.91 Å². The average Bonchev–Trinajstić information content (AvgIpc) is 2.72. The van der Waals surface area contributed by atoms with E-state index in [4.69, 9.17) is 0 Å². The van der Waals surface area contributed by atoms with Gasteiger partial charge in [-0.25, -0.2) is 0 Å². The molecule has 1 unspecified atom stereocenters. The number of amides is 1. The highest BCUT2D eigenvalue weighted by Crippen LogP contribution is 2.31. The molecule has 0 fully saturated rings. The second kappa shape index (κ2) is 6.10. The number of hydrogen-bond acceptors (Lipinski definition) is 3. The quantitative estimate of drug-likeness (QED) is 0.733. The van der Waals surface area contributed by atoms with Crippen LogP contribution in [-0.4, -0.2) is 22.8 Å². The highest BCUT2D eigenvalue weighted by molar-refractivity contribution is 6.00. The van der Waals surface area contributed by atoms with E-state index in [9.17, 15) is 27.9 Å². The third kappa shape index (κ3) is 3.01. The Balaban J connectivity index is 2.10. The van der Waals surface area contributed by atoms with Gasteiger partial charge in [0.05, 0.1) is 0 Å². The summed E-state index contributed by atoms with van der Waals surface area (Å²) < 4.78 is 38.3. The largest absolute Gasteiger partial charge is 0.426 e. The molecule has 1 amide bonds. The maximum Gasteiger partial charge on any atom is 0.426 e. The minimum Gasteiger partial charge on any atom is -0.373 e. The van der Waals surface area contributed by atoms with Crippen molar-refractivity contribution in [2.45, 2.75) is 18.7 Å². The van der Waals surface area contributed by atoms with E-state index in [1.165, 1.54) is 18.2 Å². The first-order valence-electron chi connectivity index (χ1n) is 7.67. The molecule has 0 aliphatic carbocycles. The van der Waals surface area contributed by atoms with Crippen molar-refractivity contribution >= 4 is 33.1 Å². The van der Waals surface area contributed by atoms with Crippen molar-refractivity contribution in [3.63, 3.8) is 0 Å². The molecule has 3 aromatic rings. The summed E-state index contributed by atoms with van der Waals surface area (Å²) in [5.74, 6) is -1.62. The summed E-state index contributed by atoms with van der Waals surface area (Å²) in [4.78, 5) is 24.6. The summed E-state index contributed by atoms with van der Waals surface area (Å²) in [6.07, 6.45) is -5.12. The molecule has 7 heteroatoms. The predicted molar refractivity (Wildman–Crippen MR) is 93.0 cm³/mol. The number of halogens is 3. The Bertz CT molecular complexity index is 1070. The Labute approximate surface area is 145 Å². The predicted octanol–water partition coefficient (Wildman–Crippen LogP) is 3.61. The number of nitrogens with one attached hydrogen (secondary N) is 1. The monoisotopic (exact) mass is 361 g/mol. The van der Waals surface area contributed by atoms with Crippen molar-refractivity contribution in [3.05, 3.63) is 64.8 Å². The summed E-state index contributed by atoms with van der Waals surface area (Å²) in [6, 6.07) is 14.6. The van der Waals surface area contributed by atoms with E-state index in [1.807, 2.05) is 5.32 Å². The molecule has 0 heterocycles. The van der Waals surface area contributed by atoms with Crippen LogP contribution >= 0.6 is 0 Å². The number of alkyl halides is 3. The number of carbonyl (C=O) groups is 1. The minimum atomic E-state index is -5.12.